The van der Waals surface area contributed by atoms with Gasteiger partial charge < -0.3 is 14.2 Å². The molecule has 0 aliphatic carbocycles. The van der Waals surface area contributed by atoms with Crippen LogP contribution in [-0.4, -0.2) is 37.9 Å². The van der Waals surface area contributed by atoms with Crippen molar-refractivity contribution in [3.63, 3.8) is 0 Å². The lowest BCUT2D eigenvalue weighted by molar-refractivity contribution is -0.142. The normalized spacial score (nSPS) is 19.9. The lowest BCUT2D eigenvalue weighted by atomic mass is 10.2. The second-order valence-corrected chi connectivity index (χ2v) is 3.35. The number of hydrogen-bond donors (Lipinski definition) is 0. The van der Waals surface area contributed by atoms with Gasteiger partial charge in [0.1, 0.15) is 6.61 Å². The van der Waals surface area contributed by atoms with E-state index in [1.54, 1.807) is 6.92 Å². The van der Waals surface area contributed by atoms with Crippen molar-refractivity contribution in [3.8, 4) is 0 Å². The van der Waals surface area contributed by atoms with Gasteiger partial charge in [0, 0.05) is 18.8 Å². The molecule has 0 spiro atoms. The zero-order valence-electron chi connectivity index (χ0n) is 9.31. The van der Waals surface area contributed by atoms with Gasteiger partial charge in [-0.3, -0.25) is 0 Å². The summed E-state index contributed by atoms with van der Waals surface area (Å²) in [7, 11) is 0. The van der Waals surface area contributed by atoms with Gasteiger partial charge in [0.25, 0.3) is 0 Å². The molecule has 16 heavy (non-hydrogen) atoms. The number of esters is 2. The van der Waals surface area contributed by atoms with Crippen molar-refractivity contribution in [3.05, 3.63) is 12.2 Å². The average Bonchev–Trinajstić information content (AvgIpc) is 2.77. The number of hydrogen-bond acceptors (Lipinski definition) is 5. The van der Waals surface area contributed by atoms with Gasteiger partial charge >= 0.3 is 11.9 Å². The summed E-state index contributed by atoms with van der Waals surface area (Å²) in [6, 6.07) is 0. The van der Waals surface area contributed by atoms with E-state index in [9.17, 15) is 9.59 Å². The highest BCUT2D eigenvalue weighted by molar-refractivity contribution is 5.91. The van der Waals surface area contributed by atoms with Crippen LogP contribution in [-0.2, 0) is 23.8 Å². The van der Waals surface area contributed by atoms with Gasteiger partial charge in [0.05, 0.1) is 12.7 Å². The minimum atomic E-state index is -0.552. The van der Waals surface area contributed by atoms with Crippen LogP contribution < -0.4 is 0 Å². The maximum absolute atomic E-state index is 11.1. The first-order valence-corrected chi connectivity index (χ1v) is 5.35. The third-order valence-corrected chi connectivity index (χ3v) is 2.08. The summed E-state index contributed by atoms with van der Waals surface area (Å²) in [6.45, 7) is 2.95. The maximum Gasteiger partial charge on any atom is 0.331 e. The van der Waals surface area contributed by atoms with Crippen molar-refractivity contribution < 1.29 is 23.8 Å². The van der Waals surface area contributed by atoms with E-state index in [0.717, 1.165) is 31.6 Å². The lowest BCUT2D eigenvalue weighted by Crippen LogP contribution is -2.16. The molecule has 1 heterocycles. The van der Waals surface area contributed by atoms with E-state index in [-0.39, 0.29) is 19.3 Å². The largest absolute Gasteiger partial charge is 0.463 e. The molecule has 0 aromatic rings. The van der Waals surface area contributed by atoms with Crippen LogP contribution in [0.15, 0.2) is 12.2 Å². The molecule has 0 amide bonds. The van der Waals surface area contributed by atoms with Crippen molar-refractivity contribution in [2.24, 2.45) is 0 Å². The van der Waals surface area contributed by atoms with E-state index in [1.807, 2.05) is 0 Å². The Labute approximate surface area is 94.4 Å². The highest BCUT2D eigenvalue weighted by Gasteiger charge is 2.16. The SMILES string of the molecule is CCOC(=O)/C=C/C(=O)OCC1CCCO1. The molecule has 1 saturated heterocycles. The van der Waals surface area contributed by atoms with Crippen LogP contribution in [0.1, 0.15) is 19.8 Å². The molecule has 1 unspecified atom stereocenters. The first-order chi connectivity index (χ1) is 7.72. The monoisotopic (exact) mass is 228 g/mol. The Morgan fingerprint density at radius 3 is 2.56 bits per heavy atom. The summed E-state index contributed by atoms with van der Waals surface area (Å²) in [6.07, 6.45) is 4.03. The van der Waals surface area contributed by atoms with Crippen LogP contribution in [0.4, 0.5) is 0 Å². The molecule has 0 bridgehead atoms. The molecule has 1 fully saturated rings. The van der Waals surface area contributed by atoms with Crippen LogP contribution in [0.2, 0.25) is 0 Å². The van der Waals surface area contributed by atoms with Crippen molar-refractivity contribution >= 4 is 11.9 Å². The fourth-order valence-electron chi connectivity index (χ4n) is 1.33. The molecule has 1 atom stereocenters. The van der Waals surface area contributed by atoms with Crippen molar-refractivity contribution in [1.29, 1.82) is 0 Å². The van der Waals surface area contributed by atoms with E-state index >= 15 is 0 Å². The zero-order chi connectivity index (χ0) is 11.8. The molecule has 5 heteroatoms. The summed E-state index contributed by atoms with van der Waals surface area (Å²) in [5, 5.41) is 0. The minimum Gasteiger partial charge on any atom is -0.463 e. The van der Waals surface area contributed by atoms with Crippen LogP contribution in [0.3, 0.4) is 0 Å². The van der Waals surface area contributed by atoms with Crippen LogP contribution in [0.25, 0.3) is 0 Å². The molecular formula is C11H16O5. The third kappa shape index (κ3) is 4.93. The van der Waals surface area contributed by atoms with Gasteiger partial charge in [-0.15, -0.1) is 0 Å². The smallest absolute Gasteiger partial charge is 0.331 e. The first-order valence-electron chi connectivity index (χ1n) is 5.35. The fraction of sp³-hybridized carbons (Fsp3) is 0.636. The standard InChI is InChI=1S/C11H16O5/c1-2-14-10(12)5-6-11(13)16-8-9-4-3-7-15-9/h5-6,9H,2-4,7-8H2,1H3/b6-5+. The molecule has 1 rings (SSSR count). The van der Waals surface area contributed by atoms with Crippen molar-refractivity contribution in [2.75, 3.05) is 19.8 Å². The third-order valence-electron chi connectivity index (χ3n) is 2.08. The Kier molecular flexibility index (Phi) is 5.56. The van der Waals surface area contributed by atoms with Crippen LogP contribution in [0.5, 0.6) is 0 Å². The Balaban J connectivity index is 2.16. The molecule has 0 saturated carbocycles. The minimum absolute atomic E-state index is 0.0000525. The van der Waals surface area contributed by atoms with E-state index in [4.69, 9.17) is 9.47 Å². The topological polar surface area (TPSA) is 61.8 Å². The molecule has 5 nitrogen and oxygen atoms in total. The van der Waals surface area contributed by atoms with E-state index < -0.39 is 11.9 Å². The Hall–Kier alpha value is -1.36. The molecule has 0 N–H and O–H groups in total. The van der Waals surface area contributed by atoms with E-state index in [2.05, 4.69) is 4.74 Å². The molecule has 1 aliphatic rings. The fourth-order valence-corrected chi connectivity index (χ4v) is 1.33. The molecule has 1 aliphatic heterocycles. The van der Waals surface area contributed by atoms with Gasteiger partial charge in [-0.05, 0) is 19.8 Å². The summed E-state index contributed by atoms with van der Waals surface area (Å²) in [5.41, 5.74) is 0. The second kappa shape index (κ2) is 7.00. The van der Waals surface area contributed by atoms with Gasteiger partial charge in [0.2, 0.25) is 0 Å². The van der Waals surface area contributed by atoms with E-state index in [0.29, 0.717) is 0 Å². The lowest BCUT2D eigenvalue weighted by Gasteiger charge is -2.08. The quantitative estimate of drug-likeness (QED) is 0.515. The molecule has 0 aromatic heterocycles. The zero-order valence-corrected chi connectivity index (χ0v) is 9.31. The highest BCUT2D eigenvalue weighted by atomic mass is 16.6. The van der Waals surface area contributed by atoms with Crippen molar-refractivity contribution in [1.82, 2.24) is 0 Å². The Morgan fingerprint density at radius 2 is 2.00 bits per heavy atom. The number of carbonyl (C=O) groups excluding carboxylic acids is 2. The highest BCUT2D eigenvalue weighted by Crippen LogP contribution is 2.11. The summed E-state index contributed by atoms with van der Waals surface area (Å²) >= 11 is 0. The first kappa shape index (κ1) is 12.7. The molecule has 0 aromatic carbocycles. The van der Waals surface area contributed by atoms with Gasteiger partial charge in [-0.2, -0.15) is 0 Å². The summed E-state index contributed by atoms with van der Waals surface area (Å²) < 4.78 is 14.8. The second-order valence-electron chi connectivity index (χ2n) is 3.35. The summed E-state index contributed by atoms with van der Waals surface area (Å²) in [4.78, 5) is 22.0. The number of ether oxygens (including phenoxy) is 3. The van der Waals surface area contributed by atoms with Gasteiger partial charge in [0.15, 0.2) is 0 Å². The van der Waals surface area contributed by atoms with Gasteiger partial charge in [-0.1, -0.05) is 0 Å². The molecule has 0 radical (unpaired) electrons. The molecular weight excluding hydrogens is 212 g/mol. The predicted molar refractivity (Wildman–Crippen MR) is 55.7 cm³/mol. The number of rotatable bonds is 5. The predicted octanol–water partition coefficient (Wildman–Crippen LogP) is 0.828. The van der Waals surface area contributed by atoms with Crippen LogP contribution in [0, 0.1) is 0 Å². The van der Waals surface area contributed by atoms with Crippen molar-refractivity contribution in [2.45, 2.75) is 25.9 Å². The number of carbonyl (C=O) groups is 2. The Morgan fingerprint density at radius 1 is 1.31 bits per heavy atom. The van der Waals surface area contributed by atoms with E-state index in [1.165, 1.54) is 0 Å². The van der Waals surface area contributed by atoms with Crippen LogP contribution >= 0.6 is 0 Å². The maximum atomic E-state index is 11.1. The van der Waals surface area contributed by atoms with Gasteiger partial charge in [-0.25, -0.2) is 9.59 Å². The Bertz CT molecular complexity index is 266. The summed E-state index contributed by atoms with van der Waals surface area (Å²) in [5.74, 6) is -1.10. The average molecular weight is 228 g/mol. The molecule has 90 valence electrons.